The highest BCUT2D eigenvalue weighted by atomic mass is 16.2. The van der Waals surface area contributed by atoms with Crippen molar-refractivity contribution in [3.05, 3.63) is 64.1 Å². The molecule has 2 aliphatic heterocycles. The van der Waals surface area contributed by atoms with Crippen LogP contribution in [0.15, 0.2) is 47.3 Å². The molecule has 3 heterocycles. The van der Waals surface area contributed by atoms with E-state index in [1.165, 1.54) is 0 Å². The first-order valence-electron chi connectivity index (χ1n) is 9.83. The Labute approximate surface area is 164 Å². The van der Waals surface area contributed by atoms with Gasteiger partial charge >= 0.3 is 0 Å². The quantitative estimate of drug-likeness (QED) is 0.887. The van der Waals surface area contributed by atoms with Crippen LogP contribution in [0, 0.1) is 12.8 Å². The smallest absolute Gasteiger partial charge is 0.250 e. The van der Waals surface area contributed by atoms with Crippen LogP contribution in [0.4, 0.5) is 5.69 Å². The maximum atomic E-state index is 12.7. The lowest BCUT2D eigenvalue weighted by Gasteiger charge is -2.42. The standard InChI is InChI=1S/C22H25N3O3/c1-15-5-7-18(8-6-15)23-20(26)9-10-21(27)24-12-16-11-17(14-24)19-3-2-4-22(28)25(19)13-16/h2-8,16-17H,9-14H2,1H3,(H,23,26)/t16-,17-/m1/s1. The maximum Gasteiger partial charge on any atom is 0.250 e. The van der Waals surface area contributed by atoms with E-state index in [4.69, 9.17) is 0 Å². The van der Waals surface area contributed by atoms with E-state index in [9.17, 15) is 14.4 Å². The van der Waals surface area contributed by atoms with Gasteiger partial charge < -0.3 is 14.8 Å². The zero-order chi connectivity index (χ0) is 19.7. The molecule has 1 N–H and O–H groups in total. The highest BCUT2D eigenvalue weighted by molar-refractivity contribution is 5.93. The number of carbonyl (C=O) groups is 2. The Hall–Kier alpha value is -2.89. The Balaban J connectivity index is 1.34. The second-order valence-corrected chi connectivity index (χ2v) is 7.91. The van der Waals surface area contributed by atoms with Gasteiger partial charge in [-0.1, -0.05) is 23.8 Å². The van der Waals surface area contributed by atoms with Gasteiger partial charge in [-0.15, -0.1) is 0 Å². The van der Waals surface area contributed by atoms with Crippen LogP contribution in [-0.2, 0) is 16.1 Å². The summed E-state index contributed by atoms with van der Waals surface area (Å²) in [5.41, 5.74) is 2.95. The molecule has 0 saturated carbocycles. The van der Waals surface area contributed by atoms with E-state index >= 15 is 0 Å². The SMILES string of the molecule is Cc1ccc(NC(=O)CCC(=O)N2C[C@H]3C[C@H](C2)c2cccc(=O)n2C3)cc1. The van der Waals surface area contributed by atoms with Crippen LogP contribution in [0.1, 0.15) is 36.4 Å². The molecule has 1 fully saturated rings. The average molecular weight is 379 g/mol. The molecular weight excluding hydrogens is 354 g/mol. The third-order valence-corrected chi connectivity index (χ3v) is 5.73. The van der Waals surface area contributed by atoms with E-state index in [0.29, 0.717) is 25.6 Å². The Morgan fingerprint density at radius 3 is 2.61 bits per heavy atom. The zero-order valence-electron chi connectivity index (χ0n) is 16.1. The molecule has 28 heavy (non-hydrogen) atoms. The van der Waals surface area contributed by atoms with Gasteiger partial charge in [-0.05, 0) is 37.5 Å². The second kappa shape index (κ2) is 7.62. The zero-order valence-corrected chi connectivity index (χ0v) is 16.1. The predicted molar refractivity (Wildman–Crippen MR) is 107 cm³/mol. The van der Waals surface area contributed by atoms with Crippen LogP contribution in [-0.4, -0.2) is 34.4 Å². The van der Waals surface area contributed by atoms with E-state index in [-0.39, 0.29) is 36.1 Å². The lowest BCUT2D eigenvalue weighted by atomic mass is 9.83. The number of amides is 2. The van der Waals surface area contributed by atoms with Gasteiger partial charge in [0.05, 0.1) is 0 Å². The molecule has 1 saturated heterocycles. The van der Waals surface area contributed by atoms with Crippen molar-refractivity contribution in [2.45, 2.75) is 38.6 Å². The van der Waals surface area contributed by atoms with Crippen LogP contribution in [0.2, 0.25) is 0 Å². The molecule has 2 amide bonds. The van der Waals surface area contributed by atoms with Gasteiger partial charge in [0, 0.05) is 55.8 Å². The number of pyridine rings is 1. The number of likely N-dealkylation sites (tertiary alicyclic amines) is 1. The van der Waals surface area contributed by atoms with E-state index in [2.05, 4.69) is 5.32 Å². The molecule has 6 nitrogen and oxygen atoms in total. The maximum absolute atomic E-state index is 12.7. The van der Waals surface area contributed by atoms with Gasteiger partial charge in [-0.3, -0.25) is 14.4 Å². The molecule has 1 aromatic carbocycles. The van der Waals surface area contributed by atoms with Crippen molar-refractivity contribution >= 4 is 17.5 Å². The van der Waals surface area contributed by atoms with Crippen molar-refractivity contribution in [2.75, 3.05) is 18.4 Å². The summed E-state index contributed by atoms with van der Waals surface area (Å²) in [5, 5.41) is 2.84. The first-order valence-corrected chi connectivity index (χ1v) is 9.83. The number of benzene rings is 1. The van der Waals surface area contributed by atoms with Crippen molar-refractivity contribution in [1.82, 2.24) is 9.47 Å². The molecule has 4 rings (SSSR count). The summed E-state index contributed by atoms with van der Waals surface area (Å²) in [6.45, 7) is 3.95. The van der Waals surface area contributed by atoms with Crippen LogP contribution in [0.3, 0.4) is 0 Å². The number of carbonyl (C=O) groups excluding carboxylic acids is 2. The Morgan fingerprint density at radius 1 is 1.04 bits per heavy atom. The molecule has 6 heteroatoms. The van der Waals surface area contributed by atoms with Crippen LogP contribution in [0.25, 0.3) is 0 Å². The number of hydrogen-bond donors (Lipinski definition) is 1. The summed E-state index contributed by atoms with van der Waals surface area (Å²) in [6, 6.07) is 13.0. The van der Waals surface area contributed by atoms with Gasteiger partial charge in [0.15, 0.2) is 0 Å². The highest BCUT2D eigenvalue weighted by Gasteiger charge is 2.36. The number of nitrogens with zero attached hydrogens (tertiary/aromatic N) is 2. The van der Waals surface area contributed by atoms with E-state index in [0.717, 1.165) is 23.4 Å². The Bertz CT molecular complexity index is 948. The molecule has 0 aliphatic carbocycles. The lowest BCUT2D eigenvalue weighted by molar-refractivity contribution is -0.135. The van der Waals surface area contributed by atoms with Gasteiger partial charge in [0.1, 0.15) is 0 Å². The summed E-state index contributed by atoms with van der Waals surface area (Å²) in [4.78, 5) is 38.8. The molecule has 2 atom stereocenters. The number of rotatable bonds is 4. The van der Waals surface area contributed by atoms with E-state index < -0.39 is 0 Å². The van der Waals surface area contributed by atoms with Gasteiger partial charge in [0.2, 0.25) is 11.8 Å². The fraction of sp³-hybridized carbons (Fsp3) is 0.409. The fourth-order valence-electron chi connectivity index (χ4n) is 4.34. The molecular formula is C22H25N3O3. The molecule has 2 aromatic rings. The minimum Gasteiger partial charge on any atom is -0.342 e. The Kier molecular flexibility index (Phi) is 5.03. The summed E-state index contributed by atoms with van der Waals surface area (Å²) in [5.74, 6) is 0.371. The molecule has 0 radical (unpaired) electrons. The second-order valence-electron chi connectivity index (χ2n) is 7.91. The number of aryl methyl sites for hydroxylation is 1. The van der Waals surface area contributed by atoms with Crippen molar-refractivity contribution in [3.63, 3.8) is 0 Å². The minimum absolute atomic E-state index is 0.0143. The van der Waals surface area contributed by atoms with Gasteiger partial charge in [-0.25, -0.2) is 0 Å². The highest BCUT2D eigenvalue weighted by Crippen LogP contribution is 2.35. The summed E-state index contributed by atoms with van der Waals surface area (Å²) in [6.07, 6.45) is 1.40. The van der Waals surface area contributed by atoms with Crippen LogP contribution in [0.5, 0.6) is 0 Å². The number of nitrogens with one attached hydrogen (secondary N) is 1. The summed E-state index contributed by atoms with van der Waals surface area (Å²) >= 11 is 0. The first-order chi connectivity index (χ1) is 13.5. The van der Waals surface area contributed by atoms with Crippen molar-refractivity contribution in [1.29, 1.82) is 0 Å². The predicted octanol–water partition coefficient (Wildman–Crippen LogP) is 2.52. The molecule has 1 aromatic heterocycles. The number of piperidine rings is 1. The van der Waals surface area contributed by atoms with Crippen molar-refractivity contribution in [2.24, 2.45) is 5.92 Å². The van der Waals surface area contributed by atoms with Crippen molar-refractivity contribution < 1.29 is 9.59 Å². The monoisotopic (exact) mass is 379 g/mol. The average Bonchev–Trinajstić information content (AvgIpc) is 2.68. The number of anilines is 1. The normalized spacial score (nSPS) is 20.4. The Morgan fingerprint density at radius 2 is 1.82 bits per heavy atom. The molecule has 0 unspecified atom stereocenters. The summed E-state index contributed by atoms with van der Waals surface area (Å²) in [7, 11) is 0. The number of hydrogen-bond acceptors (Lipinski definition) is 3. The molecule has 2 aliphatic rings. The van der Waals surface area contributed by atoms with Crippen LogP contribution < -0.4 is 10.9 Å². The van der Waals surface area contributed by atoms with E-state index in [1.807, 2.05) is 46.7 Å². The molecule has 2 bridgehead atoms. The molecule has 146 valence electrons. The largest absolute Gasteiger partial charge is 0.342 e. The summed E-state index contributed by atoms with van der Waals surface area (Å²) < 4.78 is 1.86. The first kappa shape index (κ1) is 18.5. The fourth-order valence-corrected chi connectivity index (χ4v) is 4.34. The lowest BCUT2D eigenvalue weighted by Crippen LogP contribution is -2.49. The van der Waals surface area contributed by atoms with Gasteiger partial charge in [0.25, 0.3) is 5.56 Å². The molecule has 0 spiro atoms. The third kappa shape index (κ3) is 3.86. The topological polar surface area (TPSA) is 71.4 Å². The van der Waals surface area contributed by atoms with Gasteiger partial charge in [-0.2, -0.15) is 0 Å². The third-order valence-electron chi connectivity index (χ3n) is 5.73. The van der Waals surface area contributed by atoms with E-state index in [1.54, 1.807) is 12.1 Å². The number of aromatic nitrogens is 1. The van der Waals surface area contributed by atoms with Crippen molar-refractivity contribution in [3.8, 4) is 0 Å². The number of fused-ring (bicyclic) bond motifs is 4. The minimum atomic E-state index is -0.147. The van der Waals surface area contributed by atoms with Crippen LogP contribution >= 0.6 is 0 Å².